The van der Waals surface area contributed by atoms with Crippen molar-refractivity contribution in [3.63, 3.8) is 0 Å². The second-order valence-corrected chi connectivity index (χ2v) is 7.25. The molecule has 0 aliphatic carbocycles. The number of benzene rings is 2. The van der Waals surface area contributed by atoms with Crippen LogP contribution < -0.4 is 4.90 Å². The molecule has 30 heavy (non-hydrogen) atoms. The Morgan fingerprint density at radius 1 is 0.933 bits per heavy atom. The molecular formula is C20H18ClF3N6. The second kappa shape index (κ2) is 8.35. The topological polar surface area (TPSA) is 50.1 Å². The molecule has 156 valence electrons. The number of hydrogen-bond acceptors (Lipinski definition) is 5. The lowest BCUT2D eigenvalue weighted by Gasteiger charge is -2.35. The van der Waals surface area contributed by atoms with Crippen molar-refractivity contribution in [3.05, 3.63) is 71.1 Å². The smallest absolute Gasteiger partial charge is 0.374 e. The first-order chi connectivity index (χ1) is 14.4. The highest BCUT2D eigenvalue weighted by molar-refractivity contribution is 6.30. The van der Waals surface area contributed by atoms with Crippen molar-refractivity contribution in [2.45, 2.75) is 6.18 Å². The number of hydrogen-bond donors (Lipinski definition) is 0. The zero-order valence-corrected chi connectivity index (χ0v) is 16.6. The van der Waals surface area contributed by atoms with E-state index in [9.17, 15) is 13.2 Å². The van der Waals surface area contributed by atoms with Crippen LogP contribution in [0.4, 0.5) is 18.9 Å². The van der Waals surface area contributed by atoms with Crippen LogP contribution in [0.25, 0.3) is 11.8 Å². The maximum absolute atomic E-state index is 12.9. The Balaban J connectivity index is 1.40. The van der Waals surface area contributed by atoms with Crippen molar-refractivity contribution in [2.75, 3.05) is 31.1 Å². The highest BCUT2D eigenvalue weighted by Crippen LogP contribution is 2.31. The first-order valence-electron chi connectivity index (χ1n) is 9.29. The Labute approximate surface area is 176 Å². The largest absolute Gasteiger partial charge is 0.416 e. The number of nitrogens with zero attached hydrogens (tertiary/aromatic N) is 6. The van der Waals surface area contributed by atoms with E-state index in [0.717, 1.165) is 11.8 Å². The normalized spacial score (nSPS) is 15.2. The van der Waals surface area contributed by atoms with Crippen LogP contribution >= 0.6 is 11.6 Å². The van der Waals surface area contributed by atoms with E-state index in [0.29, 0.717) is 42.7 Å². The Morgan fingerprint density at radius 3 is 2.37 bits per heavy atom. The molecular weight excluding hydrogens is 417 g/mol. The van der Waals surface area contributed by atoms with Gasteiger partial charge in [0.25, 0.3) is 0 Å². The van der Waals surface area contributed by atoms with Crippen molar-refractivity contribution in [3.8, 4) is 5.69 Å². The minimum absolute atomic E-state index is 0.567. The molecule has 2 aromatic carbocycles. The van der Waals surface area contributed by atoms with E-state index >= 15 is 0 Å². The predicted octanol–water partition coefficient (Wildman–Crippen LogP) is 4.13. The van der Waals surface area contributed by atoms with E-state index in [4.69, 9.17) is 11.6 Å². The number of piperazine rings is 1. The summed E-state index contributed by atoms with van der Waals surface area (Å²) in [7, 11) is 0. The fourth-order valence-electron chi connectivity index (χ4n) is 3.24. The number of halogens is 4. The van der Waals surface area contributed by atoms with Gasteiger partial charge in [0.2, 0.25) is 0 Å². The quantitative estimate of drug-likeness (QED) is 0.618. The lowest BCUT2D eigenvalue weighted by molar-refractivity contribution is -0.137. The van der Waals surface area contributed by atoms with Gasteiger partial charge in [0.15, 0.2) is 5.82 Å². The lowest BCUT2D eigenvalue weighted by atomic mass is 10.1. The minimum Gasteiger partial charge on any atom is -0.374 e. The molecule has 4 rings (SSSR count). The van der Waals surface area contributed by atoms with E-state index in [1.54, 1.807) is 22.9 Å². The number of rotatable bonds is 4. The van der Waals surface area contributed by atoms with Gasteiger partial charge in [0, 0.05) is 49.2 Å². The third kappa shape index (κ3) is 4.56. The van der Waals surface area contributed by atoms with Gasteiger partial charge in [-0.1, -0.05) is 17.7 Å². The van der Waals surface area contributed by atoms with Crippen LogP contribution in [0.2, 0.25) is 5.02 Å². The summed E-state index contributed by atoms with van der Waals surface area (Å²) in [5.74, 6) is 0.567. The summed E-state index contributed by atoms with van der Waals surface area (Å²) < 4.78 is 40.4. The molecule has 0 N–H and O–H groups in total. The number of alkyl halides is 3. The molecule has 0 bridgehead atoms. The third-order valence-corrected chi connectivity index (χ3v) is 5.10. The summed E-state index contributed by atoms with van der Waals surface area (Å²) in [4.78, 5) is 4.04. The zero-order chi connectivity index (χ0) is 21.1. The van der Waals surface area contributed by atoms with E-state index in [2.05, 4.69) is 20.4 Å². The Hall–Kier alpha value is -3.07. The first-order valence-corrected chi connectivity index (χ1v) is 9.67. The Morgan fingerprint density at radius 2 is 1.67 bits per heavy atom. The van der Waals surface area contributed by atoms with Crippen LogP contribution in [-0.4, -0.2) is 51.3 Å². The lowest BCUT2D eigenvalue weighted by Crippen LogP contribution is -2.44. The summed E-state index contributed by atoms with van der Waals surface area (Å²) >= 11 is 5.92. The van der Waals surface area contributed by atoms with Gasteiger partial charge in [0.1, 0.15) is 0 Å². The highest BCUT2D eigenvalue weighted by atomic mass is 35.5. The third-order valence-electron chi connectivity index (χ3n) is 4.85. The molecule has 0 unspecified atom stereocenters. The molecule has 1 aliphatic rings. The van der Waals surface area contributed by atoms with Gasteiger partial charge in [-0.2, -0.15) is 17.9 Å². The molecule has 0 saturated carbocycles. The molecule has 1 aliphatic heterocycles. The summed E-state index contributed by atoms with van der Waals surface area (Å²) in [6.07, 6.45) is -0.620. The Kier molecular flexibility index (Phi) is 5.63. The molecule has 3 aromatic rings. The van der Waals surface area contributed by atoms with E-state index < -0.39 is 11.7 Å². The standard InChI is InChI=1S/C20H18ClF3N6/c21-16-4-6-17(7-5-16)30-19(25-26-27-30)8-9-28-10-12-29(13-11-28)18-3-1-2-15(14-18)20(22,23)24/h1-9,14H,10-13H2. The molecule has 2 heterocycles. The fraction of sp³-hybridized carbons (Fsp3) is 0.250. The van der Waals surface area contributed by atoms with E-state index in [1.807, 2.05) is 29.3 Å². The van der Waals surface area contributed by atoms with Gasteiger partial charge in [-0.05, 0) is 52.9 Å². The minimum atomic E-state index is -4.34. The van der Waals surface area contributed by atoms with E-state index in [-0.39, 0.29) is 0 Å². The predicted molar refractivity (Wildman–Crippen MR) is 108 cm³/mol. The molecule has 0 amide bonds. The van der Waals surface area contributed by atoms with Gasteiger partial charge in [-0.15, -0.1) is 5.10 Å². The van der Waals surface area contributed by atoms with Crippen LogP contribution in [-0.2, 0) is 6.18 Å². The van der Waals surface area contributed by atoms with E-state index in [1.165, 1.54) is 12.1 Å². The maximum Gasteiger partial charge on any atom is 0.416 e. The molecule has 1 saturated heterocycles. The van der Waals surface area contributed by atoms with Gasteiger partial charge in [0.05, 0.1) is 11.3 Å². The zero-order valence-electron chi connectivity index (χ0n) is 15.8. The monoisotopic (exact) mass is 434 g/mol. The van der Waals surface area contributed by atoms with Crippen LogP contribution in [0.15, 0.2) is 54.7 Å². The molecule has 1 fully saturated rings. The number of aromatic nitrogens is 4. The Bertz CT molecular complexity index is 1020. The number of anilines is 1. The number of tetrazole rings is 1. The molecule has 0 atom stereocenters. The van der Waals surface area contributed by atoms with Crippen molar-refractivity contribution >= 4 is 23.4 Å². The molecule has 0 spiro atoms. The van der Waals surface area contributed by atoms with Crippen molar-refractivity contribution in [2.24, 2.45) is 0 Å². The second-order valence-electron chi connectivity index (χ2n) is 6.81. The summed E-state index contributed by atoms with van der Waals surface area (Å²) in [6.45, 7) is 2.59. The summed E-state index contributed by atoms with van der Waals surface area (Å²) in [6, 6.07) is 12.6. The van der Waals surface area contributed by atoms with Crippen LogP contribution in [0.5, 0.6) is 0 Å². The molecule has 6 nitrogen and oxygen atoms in total. The molecule has 1 aromatic heterocycles. The van der Waals surface area contributed by atoms with Gasteiger partial charge in [-0.3, -0.25) is 0 Å². The SMILES string of the molecule is FC(F)(F)c1cccc(N2CCN(C=Cc3nnnn3-c3ccc(Cl)cc3)CC2)c1. The summed E-state index contributed by atoms with van der Waals surface area (Å²) in [5.41, 5.74) is 0.745. The molecule has 0 radical (unpaired) electrons. The van der Waals surface area contributed by atoms with Crippen LogP contribution in [0.3, 0.4) is 0 Å². The van der Waals surface area contributed by atoms with Crippen molar-refractivity contribution < 1.29 is 13.2 Å². The maximum atomic E-state index is 12.9. The average molecular weight is 435 g/mol. The van der Waals surface area contributed by atoms with Gasteiger partial charge < -0.3 is 9.80 Å². The van der Waals surface area contributed by atoms with Crippen LogP contribution in [0, 0.1) is 0 Å². The van der Waals surface area contributed by atoms with Crippen LogP contribution in [0.1, 0.15) is 11.4 Å². The fourth-order valence-corrected chi connectivity index (χ4v) is 3.37. The highest BCUT2D eigenvalue weighted by Gasteiger charge is 2.31. The van der Waals surface area contributed by atoms with Gasteiger partial charge in [-0.25, -0.2) is 0 Å². The van der Waals surface area contributed by atoms with Crippen molar-refractivity contribution in [1.82, 2.24) is 25.1 Å². The molecule has 10 heteroatoms. The van der Waals surface area contributed by atoms with Gasteiger partial charge >= 0.3 is 6.18 Å². The first kappa shape index (κ1) is 20.2. The average Bonchev–Trinajstić information content (AvgIpc) is 3.21. The summed E-state index contributed by atoms with van der Waals surface area (Å²) in [5, 5.41) is 12.4. The van der Waals surface area contributed by atoms with Crippen molar-refractivity contribution in [1.29, 1.82) is 0 Å².